The number of benzene rings is 1. The minimum absolute atomic E-state index is 0.139. The van der Waals surface area contributed by atoms with Gasteiger partial charge in [-0.2, -0.15) is 0 Å². The summed E-state index contributed by atoms with van der Waals surface area (Å²) >= 11 is 0. The fraction of sp³-hybridized carbons (Fsp3) is 0.467. The van der Waals surface area contributed by atoms with E-state index in [1.165, 1.54) is 5.56 Å². The number of ether oxygens (including phenoxy) is 1. The fourth-order valence-electron chi connectivity index (χ4n) is 2.47. The molecular weight excluding hydrogens is 272 g/mol. The predicted octanol–water partition coefficient (Wildman–Crippen LogP) is 1.64. The number of nitrogens with one attached hydrogen (secondary N) is 1. The van der Waals surface area contributed by atoms with Gasteiger partial charge in [-0.25, -0.2) is 9.59 Å². The normalized spacial score (nSPS) is 17.2. The number of para-hydroxylation sites is 1. The highest BCUT2D eigenvalue weighted by molar-refractivity contribution is 5.93. The van der Waals surface area contributed by atoms with Crippen LogP contribution in [0.5, 0.6) is 0 Å². The number of aryl methyl sites for hydroxylation is 1. The summed E-state index contributed by atoms with van der Waals surface area (Å²) in [6.07, 6.45) is 1.91. The van der Waals surface area contributed by atoms with Crippen molar-refractivity contribution in [3.05, 3.63) is 29.8 Å². The number of anilines is 1. The molecule has 1 aliphatic rings. The van der Waals surface area contributed by atoms with E-state index in [9.17, 15) is 9.59 Å². The molecule has 1 aromatic rings. The van der Waals surface area contributed by atoms with E-state index in [0.29, 0.717) is 0 Å². The maximum Gasteiger partial charge on any atom is 0.329 e. The van der Waals surface area contributed by atoms with Crippen molar-refractivity contribution in [1.29, 1.82) is 0 Å². The Labute approximate surface area is 123 Å². The van der Waals surface area contributed by atoms with Crippen LogP contribution in [0, 0.1) is 0 Å². The molecule has 6 nitrogen and oxygen atoms in total. The summed E-state index contributed by atoms with van der Waals surface area (Å²) in [5, 5.41) is 11.2. The van der Waals surface area contributed by atoms with Gasteiger partial charge in [0.15, 0.2) is 0 Å². The van der Waals surface area contributed by atoms with Crippen LogP contribution in [0.3, 0.4) is 0 Å². The zero-order chi connectivity index (χ0) is 15.2. The van der Waals surface area contributed by atoms with Crippen LogP contribution in [0.25, 0.3) is 0 Å². The second-order valence-electron chi connectivity index (χ2n) is 5.06. The number of carboxylic acids is 1. The van der Waals surface area contributed by atoms with Gasteiger partial charge in [-0.3, -0.25) is 4.90 Å². The Morgan fingerprint density at radius 2 is 2.19 bits per heavy atom. The van der Waals surface area contributed by atoms with Crippen LogP contribution < -0.4 is 10.2 Å². The minimum Gasteiger partial charge on any atom is -0.480 e. The van der Waals surface area contributed by atoms with Crippen molar-refractivity contribution in [2.24, 2.45) is 0 Å². The van der Waals surface area contributed by atoms with Crippen molar-refractivity contribution in [2.75, 3.05) is 24.7 Å². The smallest absolute Gasteiger partial charge is 0.329 e. The van der Waals surface area contributed by atoms with Gasteiger partial charge in [-0.05, 0) is 31.4 Å². The molecule has 1 aromatic carbocycles. The van der Waals surface area contributed by atoms with Crippen molar-refractivity contribution >= 4 is 17.7 Å². The second kappa shape index (κ2) is 7.08. The average Bonchev–Trinajstić information content (AvgIpc) is 2.46. The molecule has 2 amide bonds. The monoisotopic (exact) mass is 292 g/mol. The lowest BCUT2D eigenvalue weighted by molar-refractivity contribution is -0.142. The maximum atomic E-state index is 12.3. The second-order valence-corrected chi connectivity index (χ2v) is 5.06. The third kappa shape index (κ3) is 3.95. The number of hydrogen-bond acceptors (Lipinski definition) is 3. The molecule has 0 aromatic heterocycles. The Morgan fingerprint density at radius 3 is 2.95 bits per heavy atom. The van der Waals surface area contributed by atoms with Crippen LogP contribution in [0.2, 0.25) is 0 Å². The molecule has 0 fully saturated rings. The zero-order valence-corrected chi connectivity index (χ0v) is 12.0. The van der Waals surface area contributed by atoms with Gasteiger partial charge in [-0.15, -0.1) is 0 Å². The van der Waals surface area contributed by atoms with E-state index < -0.39 is 5.97 Å². The van der Waals surface area contributed by atoms with Gasteiger partial charge in [0.1, 0.15) is 6.61 Å². The molecule has 0 bridgehead atoms. The minimum atomic E-state index is -1.01. The third-order valence-corrected chi connectivity index (χ3v) is 3.49. The molecule has 114 valence electrons. The molecule has 21 heavy (non-hydrogen) atoms. The van der Waals surface area contributed by atoms with Gasteiger partial charge in [0.2, 0.25) is 0 Å². The van der Waals surface area contributed by atoms with E-state index in [-0.39, 0.29) is 31.8 Å². The van der Waals surface area contributed by atoms with Crippen LogP contribution >= 0.6 is 0 Å². The molecule has 6 heteroatoms. The lowest BCUT2D eigenvalue weighted by Gasteiger charge is -2.35. The van der Waals surface area contributed by atoms with E-state index in [2.05, 4.69) is 5.32 Å². The summed E-state index contributed by atoms with van der Waals surface area (Å²) in [5.74, 6) is -1.01. The molecule has 0 aliphatic carbocycles. The first-order valence-corrected chi connectivity index (χ1v) is 7.04. The SMILES string of the molecule is CC1CCc2ccccc2N1C(=O)NCCOCC(=O)O. The fourth-order valence-corrected chi connectivity index (χ4v) is 2.47. The lowest BCUT2D eigenvalue weighted by atomic mass is 9.97. The summed E-state index contributed by atoms with van der Waals surface area (Å²) in [6.45, 7) is 2.15. The number of fused-ring (bicyclic) bond motifs is 1. The number of carbonyl (C=O) groups is 2. The summed E-state index contributed by atoms with van der Waals surface area (Å²) in [5.41, 5.74) is 2.12. The Kier molecular flexibility index (Phi) is 5.16. The number of urea groups is 1. The third-order valence-electron chi connectivity index (χ3n) is 3.49. The molecule has 0 radical (unpaired) electrons. The number of aliphatic carboxylic acids is 1. The topological polar surface area (TPSA) is 78.9 Å². The Hall–Kier alpha value is -2.08. The van der Waals surface area contributed by atoms with E-state index >= 15 is 0 Å². The highest BCUT2D eigenvalue weighted by Gasteiger charge is 2.27. The van der Waals surface area contributed by atoms with E-state index in [0.717, 1.165) is 18.5 Å². The number of rotatable bonds is 5. The van der Waals surface area contributed by atoms with E-state index in [1.807, 2.05) is 31.2 Å². The lowest BCUT2D eigenvalue weighted by Crippen LogP contribution is -2.48. The van der Waals surface area contributed by atoms with Gasteiger partial charge in [-0.1, -0.05) is 18.2 Å². The quantitative estimate of drug-likeness (QED) is 0.809. The Morgan fingerprint density at radius 1 is 1.43 bits per heavy atom. The molecule has 1 atom stereocenters. The summed E-state index contributed by atoms with van der Waals surface area (Å²) in [7, 11) is 0. The number of carbonyl (C=O) groups excluding carboxylic acids is 1. The van der Waals surface area contributed by atoms with E-state index in [1.54, 1.807) is 4.90 Å². The summed E-state index contributed by atoms with van der Waals surface area (Å²) < 4.78 is 4.90. The molecule has 1 unspecified atom stereocenters. The van der Waals surface area contributed by atoms with Gasteiger partial charge in [0, 0.05) is 18.3 Å². The standard InChI is InChI=1S/C15H20N2O4/c1-11-6-7-12-4-2-3-5-13(12)17(11)15(20)16-8-9-21-10-14(18)19/h2-5,11H,6-10H2,1H3,(H,16,20)(H,18,19). The molecule has 0 saturated heterocycles. The number of carboxylic acid groups (broad SMARTS) is 1. The molecule has 2 rings (SSSR count). The van der Waals surface area contributed by atoms with Crippen molar-refractivity contribution in [1.82, 2.24) is 5.32 Å². The molecule has 1 aliphatic heterocycles. The van der Waals surface area contributed by atoms with Crippen molar-refractivity contribution in [3.63, 3.8) is 0 Å². The van der Waals surface area contributed by atoms with Gasteiger partial charge in [0.05, 0.1) is 6.61 Å². The Bertz CT molecular complexity index is 518. The number of hydrogen-bond donors (Lipinski definition) is 2. The first-order valence-electron chi connectivity index (χ1n) is 7.04. The Balaban J connectivity index is 1.91. The highest BCUT2D eigenvalue weighted by atomic mass is 16.5. The number of amides is 2. The van der Waals surface area contributed by atoms with Gasteiger partial charge in [0.25, 0.3) is 0 Å². The van der Waals surface area contributed by atoms with Gasteiger partial charge < -0.3 is 15.2 Å². The highest BCUT2D eigenvalue weighted by Crippen LogP contribution is 2.30. The average molecular weight is 292 g/mol. The van der Waals surface area contributed by atoms with Crippen LogP contribution in [0.4, 0.5) is 10.5 Å². The van der Waals surface area contributed by atoms with Crippen molar-refractivity contribution in [3.8, 4) is 0 Å². The molecule has 0 spiro atoms. The molecule has 0 saturated carbocycles. The summed E-state index contributed by atoms with van der Waals surface area (Å²) in [6, 6.07) is 7.86. The molecular formula is C15H20N2O4. The van der Waals surface area contributed by atoms with Crippen molar-refractivity contribution < 1.29 is 19.4 Å². The summed E-state index contributed by atoms with van der Waals surface area (Å²) in [4.78, 5) is 24.4. The maximum absolute atomic E-state index is 12.3. The van der Waals surface area contributed by atoms with Crippen LogP contribution in [0.1, 0.15) is 18.9 Å². The largest absolute Gasteiger partial charge is 0.480 e. The first-order chi connectivity index (χ1) is 10.1. The van der Waals surface area contributed by atoms with Crippen LogP contribution in [-0.2, 0) is 16.0 Å². The van der Waals surface area contributed by atoms with Gasteiger partial charge >= 0.3 is 12.0 Å². The number of nitrogens with zero attached hydrogens (tertiary/aromatic N) is 1. The predicted molar refractivity (Wildman–Crippen MR) is 78.6 cm³/mol. The zero-order valence-electron chi connectivity index (χ0n) is 12.0. The van der Waals surface area contributed by atoms with Crippen LogP contribution in [0.15, 0.2) is 24.3 Å². The van der Waals surface area contributed by atoms with E-state index in [4.69, 9.17) is 9.84 Å². The van der Waals surface area contributed by atoms with Crippen molar-refractivity contribution in [2.45, 2.75) is 25.8 Å². The van der Waals surface area contributed by atoms with Crippen LogP contribution in [-0.4, -0.2) is 42.9 Å². The molecule has 2 N–H and O–H groups in total. The molecule has 1 heterocycles. The first kappa shape index (κ1) is 15.3.